The second kappa shape index (κ2) is 3.88. The van der Waals surface area contributed by atoms with Crippen LogP contribution in [0.15, 0.2) is 43.1 Å². The fourth-order valence-corrected chi connectivity index (χ4v) is 0.985. The lowest BCUT2D eigenvalue weighted by Gasteiger charge is -2.00. The molecule has 1 aromatic rings. The van der Waals surface area contributed by atoms with Crippen molar-refractivity contribution in [3.63, 3.8) is 0 Å². The molecular formula is C9H9NS. The maximum atomic E-state index is 5.04. The van der Waals surface area contributed by atoms with Gasteiger partial charge in [0.1, 0.15) is 4.99 Å². The van der Waals surface area contributed by atoms with Gasteiger partial charge in [0.25, 0.3) is 0 Å². The van der Waals surface area contributed by atoms with Crippen molar-refractivity contribution >= 4 is 17.2 Å². The molecule has 0 aliphatic carbocycles. The number of nitrogens with one attached hydrogen (secondary N) is 1. The standard InChI is InChI=1S/C9H9NS/c1-2-10-9(11)8-6-4-3-5-7-8/h2-7H,1H2,(H,10,11). The first-order valence-corrected chi connectivity index (χ1v) is 3.72. The topological polar surface area (TPSA) is 12.0 Å². The van der Waals surface area contributed by atoms with E-state index in [9.17, 15) is 0 Å². The zero-order valence-electron chi connectivity index (χ0n) is 6.08. The quantitative estimate of drug-likeness (QED) is 0.670. The van der Waals surface area contributed by atoms with Crippen molar-refractivity contribution in [2.75, 3.05) is 0 Å². The maximum absolute atomic E-state index is 5.04. The summed E-state index contributed by atoms with van der Waals surface area (Å²) >= 11 is 5.04. The second-order valence-corrected chi connectivity index (χ2v) is 2.45. The summed E-state index contributed by atoms with van der Waals surface area (Å²) in [6.45, 7) is 3.53. The van der Waals surface area contributed by atoms with Gasteiger partial charge in [-0.15, -0.1) is 0 Å². The summed E-state index contributed by atoms with van der Waals surface area (Å²) in [6, 6.07) is 9.77. The summed E-state index contributed by atoms with van der Waals surface area (Å²) in [4.78, 5) is 0.709. The number of hydrogen-bond donors (Lipinski definition) is 1. The van der Waals surface area contributed by atoms with E-state index >= 15 is 0 Å². The largest absolute Gasteiger partial charge is 0.353 e. The van der Waals surface area contributed by atoms with Crippen LogP contribution in [0, 0.1) is 0 Å². The van der Waals surface area contributed by atoms with Crippen molar-refractivity contribution in [3.8, 4) is 0 Å². The average molecular weight is 163 g/mol. The predicted octanol–water partition coefficient (Wildman–Crippen LogP) is 2.10. The van der Waals surface area contributed by atoms with Crippen molar-refractivity contribution < 1.29 is 0 Å². The third-order valence-corrected chi connectivity index (χ3v) is 1.62. The van der Waals surface area contributed by atoms with Gasteiger partial charge in [0.15, 0.2) is 0 Å². The highest BCUT2D eigenvalue weighted by molar-refractivity contribution is 7.80. The van der Waals surface area contributed by atoms with E-state index in [1.165, 1.54) is 0 Å². The van der Waals surface area contributed by atoms with Crippen LogP contribution in [-0.4, -0.2) is 4.99 Å². The second-order valence-electron chi connectivity index (χ2n) is 2.04. The Morgan fingerprint density at radius 3 is 2.55 bits per heavy atom. The fourth-order valence-electron chi connectivity index (χ4n) is 0.766. The summed E-state index contributed by atoms with van der Waals surface area (Å²) in [5.74, 6) is 0. The van der Waals surface area contributed by atoms with Crippen LogP contribution in [-0.2, 0) is 0 Å². The third-order valence-electron chi connectivity index (χ3n) is 1.27. The van der Waals surface area contributed by atoms with Crippen LogP contribution >= 0.6 is 12.2 Å². The van der Waals surface area contributed by atoms with Crippen LogP contribution < -0.4 is 5.32 Å². The molecule has 0 aromatic heterocycles. The van der Waals surface area contributed by atoms with E-state index in [-0.39, 0.29) is 0 Å². The first-order chi connectivity index (χ1) is 5.34. The molecule has 1 rings (SSSR count). The molecule has 1 nitrogen and oxygen atoms in total. The molecule has 0 fully saturated rings. The molecule has 11 heavy (non-hydrogen) atoms. The molecule has 1 N–H and O–H groups in total. The van der Waals surface area contributed by atoms with E-state index in [0.29, 0.717) is 4.99 Å². The Kier molecular flexibility index (Phi) is 2.81. The van der Waals surface area contributed by atoms with Crippen LogP contribution in [0.25, 0.3) is 0 Å². The number of hydrogen-bond acceptors (Lipinski definition) is 1. The van der Waals surface area contributed by atoms with Gasteiger partial charge in [0.05, 0.1) is 0 Å². The zero-order chi connectivity index (χ0) is 8.10. The summed E-state index contributed by atoms with van der Waals surface area (Å²) in [6.07, 6.45) is 1.58. The number of benzene rings is 1. The summed E-state index contributed by atoms with van der Waals surface area (Å²) < 4.78 is 0. The SMILES string of the molecule is C=CNC(=S)c1ccccc1. The highest BCUT2D eigenvalue weighted by atomic mass is 32.1. The van der Waals surface area contributed by atoms with Gasteiger partial charge in [-0.05, 0) is 6.20 Å². The predicted molar refractivity (Wildman–Crippen MR) is 51.5 cm³/mol. The minimum atomic E-state index is 0.709. The summed E-state index contributed by atoms with van der Waals surface area (Å²) in [5.41, 5.74) is 1.02. The Morgan fingerprint density at radius 2 is 2.00 bits per heavy atom. The number of thiocarbonyl (C=S) groups is 1. The first-order valence-electron chi connectivity index (χ1n) is 3.31. The minimum absolute atomic E-state index is 0.709. The van der Waals surface area contributed by atoms with Crippen LogP contribution in [0.5, 0.6) is 0 Å². The molecule has 1 aromatic carbocycles. The third kappa shape index (κ3) is 2.16. The van der Waals surface area contributed by atoms with Crippen molar-refractivity contribution in [2.45, 2.75) is 0 Å². The Labute approximate surface area is 71.7 Å². The molecule has 0 saturated carbocycles. The molecule has 0 radical (unpaired) electrons. The van der Waals surface area contributed by atoms with Crippen molar-refractivity contribution in [1.82, 2.24) is 5.32 Å². The first kappa shape index (κ1) is 7.95. The molecule has 0 heterocycles. The van der Waals surface area contributed by atoms with Gasteiger partial charge in [-0.2, -0.15) is 0 Å². The Morgan fingerprint density at radius 1 is 1.36 bits per heavy atom. The van der Waals surface area contributed by atoms with Crippen molar-refractivity contribution in [2.24, 2.45) is 0 Å². The van der Waals surface area contributed by atoms with Crippen molar-refractivity contribution in [1.29, 1.82) is 0 Å². The summed E-state index contributed by atoms with van der Waals surface area (Å²) in [7, 11) is 0. The smallest absolute Gasteiger partial charge is 0.110 e. The molecule has 0 unspecified atom stereocenters. The molecule has 0 aliphatic rings. The maximum Gasteiger partial charge on any atom is 0.110 e. The molecule has 0 saturated heterocycles. The van der Waals surface area contributed by atoms with E-state index in [1.807, 2.05) is 30.3 Å². The molecular weight excluding hydrogens is 154 g/mol. The van der Waals surface area contributed by atoms with Crippen molar-refractivity contribution in [3.05, 3.63) is 48.7 Å². The molecule has 0 spiro atoms. The van der Waals surface area contributed by atoms with Gasteiger partial charge in [-0.25, -0.2) is 0 Å². The highest BCUT2D eigenvalue weighted by Crippen LogP contribution is 1.98. The normalized spacial score (nSPS) is 8.73. The van der Waals surface area contributed by atoms with Crippen LogP contribution in [0.4, 0.5) is 0 Å². The van der Waals surface area contributed by atoms with Gasteiger partial charge in [0.2, 0.25) is 0 Å². The molecule has 0 atom stereocenters. The van der Waals surface area contributed by atoms with Gasteiger partial charge in [-0.3, -0.25) is 0 Å². The molecule has 56 valence electrons. The van der Waals surface area contributed by atoms with E-state index in [4.69, 9.17) is 12.2 Å². The minimum Gasteiger partial charge on any atom is -0.353 e. The highest BCUT2D eigenvalue weighted by Gasteiger charge is 1.94. The van der Waals surface area contributed by atoms with Gasteiger partial charge in [-0.1, -0.05) is 49.1 Å². The van der Waals surface area contributed by atoms with Gasteiger partial charge in [0, 0.05) is 5.56 Å². The molecule has 0 amide bonds. The Balaban J connectivity index is 2.77. The average Bonchev–Trinajstić information content (AvgIpc) is 2.07. The number of rotatable bonds is 2. The summed E-state index contributed by atoms with van der Waals surface area (Å²) in [5, 5.41) is 2.86. The lowest BCUT2D eigenvalue weighted by atomic mass is 10.2. The zero-order valence-corrected chi connectivity index (χ0v) is 6.90. The van der Waals surface area contributed by atoms with Crippen LogP contribution in [0.2, 0.25) is 0 Å². The van der Waals surface area contributed by atoms with E-state index in [0.717, 1.165) is 5.56 Å². The fraction of sp³-hybridized carbons (Fsp3) is 0. The Bertz CT molecular complexity index is 254. The monoisotopic (exact) mass is 163 g/mol. The molecule has 0 aliphatic heterocycles. The Hall–Kier alpha value is -1.15. The van der Waals surface area contributed by atoms with E-state index < -0.39 is 0 Å². The lowest BCUT2D eigenvalue weighted by molar-refractivity contribution is 1.32. The van der Waals surface area contributed by atoms with E-state index in [1.54, 1.807) is 6.20 Å². The molecule has 2 heteroatoms. The van der Waals surface area contributed by atoms with Gasteiger partial charge >= 0.3 is 0 Å². The van der Waals surface area contributed by atoms with Crippen LogP contribution in [0.3, 0.4) is 0 Å². The van der Waals surface area contributed by atoms with E-state index in [2.05, 4.69) is 11.9 Å². The molecule has 0 bridgehead atoms. The van der Waals surface area contributed by atoms with Gasteiger partial charge < -0.3 is 5.32 Å². The lowest BCUT2D eigenvalue weighted by Crippen LogP contribution is -2.14. The van der Waals surface area contributed by atoms with Crippen LogP contribution in [0.1, 0.15) is 5.56 Å².